The fourth-order valence-corrected chi connectivity index (χ4v) is 0.930. The van der Waals surface area contributed by atoms with Crippen molar-refractivity contribution in [2.24, 2.45) is 5.41 Å². The molecule has 0 radical (unpaired) electrons. The molecule has 1 aliphatic rings. The predicted molar refractivity (Wildman–Crippen MR) is 32.8 cm³/mol. The molecule has 0 aromatic carbocycles. The molecular weight excluding hydrogens is 118 g/mol. The molecular formula is C6H11NO2. The molecule has 0 saturated carbocycles. The summed E-state index contributed by atoms with van der Waals surface area (Å²) in [4.78, 5) is 10.9. The lowest BCUT2D eigenvalue weighted by Crippen LogP contribution is -2.31. The monoisotopic (exact) mass is 129 g/mol. The number of aliphatic hydroxyl groups is 1. The summed E-state index contributed by atoms with van der Waals surface area (Å²) in [6, 6.07) is 0. The lowest BCUT2D eigenvalue weighted by atomic mass is 9.90. The summed E-state index contributed by atoms with van der Waals surface area (Å²) >= 11 is 0. The van der Waals surface area contributed by atoms with Crippen LogP contribution in [0.3, 0.4) is 0 Å². The van der Waals surface area contributed by atoms with Crippen LogP contribution in [0.2, 0.25) is 0 Å². The Bertz CT molecular complexity index is 135. The highest BCUT2D eigenvalue weighted by atomic mass is 16.3. The van der Waals surface area contributed by atoms with E-state index in [1.54, 1.807) is 6.92 Å². The second-order valence-corrected chi connectivity index (χ2v) is 2.72. The zero-order valence-corrected chi connectivity index (χ0v) is 5.48. The van der Waals surface area contributed by atoms with E-state index in [2.05, 4.69) is 5.32 Å². The maximum absolute atomic E-state index is 10.9. The van der Waals surface area contributed by atoms with Crippen molar-refractivity contribution in [2.75, 3.05) is 13.2 Å². The van der Waals surface area contributed by atoms with Crippen LogP contribution in [0.15, 0.2) is 0 Å². The Labute approximate surface area is 54.1 Å². The molecule has 0 aromatic rings. The lowest BCUT2D eigenvalue weighted by Gasteiger charge is -2.15. The topological polar surface area (TPSA) is 49.3 Å². The van der Waals surface area contributed by atoms with Gasteiger partial charge in [0.05, 0.1) is 12.0 Å². The van der Waals surface area contributed by atoms with Gasteiger partial charge in [0.25, 0.3) is 0 Å². The minimum absolute atomic E-state index is 0.0231. The summed E-state index contributed by atoms with van der Waals surface area (Å²) in [5, 5.41) is 11.4. The van der Waals surface area contributed by atoms with E-state index in [0.29, 0.717) is 6.54 Å². The van der Waals surface area contributed by atoms with Crippen molar-refractivity contribution >= 4 is 5.91 Å². The molecule has 52 valence electrons. The van der Waals surface area contributed by atoms with E-state index in [4.69, 9.17) is 5.11 Å². The van der Waals surface area contributed by atoms with E-state index in [1.165, 1.54) is 0 Å². The second-order valence-electron chi connectivity index (χ2n) is 2.72. The molecule has 0 unspecified atom stereocenters. The Kier molecular flexibility index (Phi) is 1.45. The number of carbonyl (C=O) groups excluding carboxylic acids is 1. The minimum atomic E-state index is -0.500. The van der Waals surface area contributed by atoms with Gasteiger partial charge in [-0.05, 0) is 13.3 Å². The number of carbonyl (C=O) groups is 1. The zero-order valence-electron chi connectivity index (χ0n) is 5.48. The molecule has 0 bridgehead atoms. The van der Waals surface area contributed by atoms with Crippen LogP contribution in [-0.2, 0) is 4.79 Å². The standard InChI is InChI=1S/C6H11NO2/c1-6(4-8)2-3-7-5(6)9/h8H,2-4H2,1H3,(H,7,9)/t6-/m0/s1. The molecule has 1 amide bonds. The first-order valence-corrected chi connectivity index (χ1v) is 3.08. The highest BCUT2D eigenvalue weighted by Gasteiger charge is 2.36. The Morgan fingerprint density at radius 1 is 1.89 bits per heavy atom. The Morgan fingerprint density at radius 2 is 2.56 bits per heavy atom. The Balaban J connectivity index is 2.67. The Morgan fingerprint density at radius 3 is 2.78 bits per heavy atom. The van der Waals surface area contributed by atoms with E-state index in [-0.39, 0.29) is 12.5 Å². The van der Waals surface area contributed by atoms with Crippen molar-refractivity contribution in [1.82, 2.24) is 5.32 Å². The number of amides is 1. The first-order valence-electron chi connectivity index (χ1n) is 3.08. The molecule has 0 aliphatic carbocycles. The zero-order chi connectivity index (χ0) is 6.91. The van der Waals surface area contributed by atoms with Gasteiger partial charge in [0.2, 0.25) is 5.91 Å². The van der Waals surface area contributed by atoms with Gasteiger partial charge < -0.3 is 10.4 Å². The highest BCUT2D eigenvalue weighted by Crippen LogP contribution is 2.24. The van der Waals surface area contributed by atoms with Gasteiger partial charge in [-0.3, -0.25) is 4.79 Å². The normalized spacial score (nSPS) is 34.7. The fraction of sp³-hybridized carbons (Fsp3) is 0.833. The number of hydrogen-bond acceptors (Lipinski definition) is 2. The summed E-state index contributed by atoms with van der Waals surface area (Å²) in [7, 11) is 0. The van der Waals surface area contributed by atoms with Crippen molar-refractivity contribution in [3.63, 3.8) is 0 Å². The van der Waals surface area contributed by atoms with Crippen LogP contribution in [0, 0.1) is 5.41 Å². The average molecular weight is 129 g/mol. The molecule has 1 fully saturated rings. The fourth-order valence-electron chi connectivity index (χ4n) is 0.930. The molecule has 1 saturated heterocycles. The van der Waals surface area contributed by atoms with Crippen molar-refractivity contribution in [3.8, 4) is 0 Å². The molecule has 1 atom stereocenters. The highest BCUT2D eigenvalue weighted by molar-refractivity contribution is 5.84. The molecule has 9 heavy (non-hydrogen) atoms. The third kappa shape index (κ3) is 0.920. The van der Waals surface area contributed by atoms with Gasteiger partial charge in [0.15, 0.2) is 0 Å². The van der Waals surface area contributed by atoms with Gasteiger partial charge in [-0.25, -0.2) is 0 Å². The first-order chi connectivity index (χ1) is 4.19. The summed E-state index contributed by atoms with van der Waals surface area (Å²) in [6.45, 7) is 2.43. The van der Waals surface area contributed by atoms with Crippen LogP contribution in [0.5, 0.6) is 0 Å². The largest absolute Gasteiger partial charge is 0.395 e. The molecule has 1 rings (SSSR count). The third-order valence-electron chi connectivity index (χ3n) is 1.86. The second kappa shape index (κ2) is 1.99. The van der Waals surface area contributed by atoms with E-state index in [9.17, 15) is 4.79 Å². The van der Waals surface area contributed by atoms with Crippen molar-refractivity contribution in [3.05, 3.63) is 0 Å². The average Bonchev–Trinajstić information content (AvgIpc) is 2.15. The van der Waals surface area contributed by atoms with E-state index < -0.39 is 5.41 Å². The van der Waals surface area contributed by atoms with Gasteiger partial charge in [0, 0.05) is 6.54 Å². The van der Waals surface area contributed by atoms with Crippen molar-refractivity contribution < 1.29 is 9.90 Å². The summed E-state index contributed by atoms with van der Waals surface area (Å²) < 4.78 is 0. The minimum Gasteiger partial charge on any atom is -0.395 e. The molecule has 2 N–H and O–H groups in total. The molecule has 1 heterocycles. The van der Waals surface area contributed by atoms with Crippen LogP contribution >= 0.6 is 0 Å². The van der Waals surface area contributed by atoms with E-state index in [1.807, 2.05) is 0 Å². The predicted octanol–water partition coefficient (Wildman–Crippen LogP) is -0.495. The maximum atomic E-state index is 10.9. The van der Waals surface area contributed by atoms with Crippen LogP contribution in [0.1, 0.15) is 13.3 Å². The number of rotatable bonds is 1. The van der Waals surface area contributed by atoms with Crippen LogP contribution in [0.4, 0.5) is 0 Å². The van der Waals surface area contributed by atoms with Crippen molar-refractivity contribution in [2.45, 2.75) is 13.3 Å². The molecule has 0 spiro atoms. The smallest absolute Gasteiger partial charge is 0.228 e. The Hall–Kier alpha value is -0.570. The lowest BCUT2D eigenvalue weighted by molar-refractivity contribution is -0.128. The molecule has 1 aliphatic heterocycles. The number of hydrogen-bond donors (Lipinski definition) is 2. The van der Waals surface area contributed by atoms with Gasteiger partial charge >= 0.3 is 0 Å². The summed E-state index contributed by atoms with van der Waals surface area (Å²) in [6.07, 6.45) is 0.752. The van der Waals surface area contributed by atoms with Gasteiger partial charge in [0.1, 0.15) is 0 Å². The molecule has 3 nitrogen and oxygen atoms in total. The van der Waals surface area contributed by atoms with E-state index in [0.717, 1.165) is 6.42 Å². The van der Waals surface area contributed by atoms with Crippen molar-refractivity contribution in [1.29, 1.82) is 0 Å². The summed E-state index contributed by atoms with van der Waals surface area (Å²) in [5.74, 6) is -0.0231. The van der Waals surface area contributed by atoms with Gasteiger partial charge in [-0.2, -0.15) is 0 Å². The van der Waals surface area contributed by atoms with Crippen LogP contribution in [0.25, 0.3) is 0 Å². The molecule has 3 heteroatoms. The van der Waals surface area contributed by atoms with Crippen LogP contribution in [-0.4, -0.2) is 24.2 Å². The maximum Gasteiger partial charge on any atom is 0.228 e. The third-order valence-corrected chi connectivity index (χ3v) is 1.86. The summed E-state index contributed by atoms with van der Waals surface area (Å²) in [5.41, 5.74) is -0.500. The number of nitrogens with one attached hydrogen (secondary N) is 1. The number of aliphatic hydroxyl groups excluding tert-OH is 1. The quantitative estimate of drug-likeness (QED) is 0.501. The molecule has 0 aromatic heterocycles. The van der Waals surface area contributed by atoms with Crippen LogP contribution < -0.4 is 5.32 Å². The SMILES string of the molecule is C[C@@]1(CO)CCNC1=O. The first kappa shape index (κ1) is 6.55. The van der Waals surface area contributed by atoms with Gasteiger partial charge in [-0.15, -0.1) is 0 Å². The van der Waals surface area contributed by atoms with E-state index >= 15 is 0 Å². The van der Waals surface area contributed by atoms with Gasteiger partial charge in [-0.1, -0.05) is 0 Å².